The standard InChI is InChI=1S/C11H14N6O2/c1-16(2)11(18)7-4-5-17(15-7)10-8(19-3)9(12)13-6-14-10/h4-6H,1-3H3,(H2,12,13,14). The summed E-state index contributed by atoms with van der Waals surface area (Å²) in [6, 6.07) is 1.60. The summed E-state index contributed by atoms with van der Waals surface area (Å²) in [6.07, 6.45) is 2.92. The highest BCUT2D eigenvalue weighted by molar-refractivity contribution is 5.91. The molecule has 0 aromatic carbocycles. The van der Waals surface area contributed by atoms with Crippen LogP contribution in [0.2, 0.25) is 0 Å². The molecule has 0 atom stereocenters. The van der Waals surface area contributed by atoms with Crippen LogP contribution in [0.5, 0.6) is 5.75 Å². The average Bonchev–Trinajstić information content (AvgIpc) is 2.86. The molecule has 0 saturated heterocycles. The van der Waals surface area contributed by atoms with Crippen molar-refractivity contribution >= 4 is 11.7 Å². The lowest BCUT2D eigenvalue weighted by atomic mass is 10.4. The Labute approximate surface area is 109 Å². The number of amides is 1. The monoisotopic (exact) mass is 262 g/mol. The predicted molar refractivity (Wildman–Crippen MR) is 68.1 cm³/mol. The van der Waals surface area contributed by atoms with Gasteiger partial charge in [0.2, 0.25) is 11.6 Å². The van der Waals surface area contributed by atoms with Gasteiger partial charge in [-0.3, -0.25) is 4.79 Å². The van der Waals surface area contributed by atoms with E-state index >= 15 is 0 Å². The van der Waals surface area contributed by atoms with Crippen LogP contribution in [0.4, 0.5) is 5.82 Å². The Kier molecular flexibility index (Phi) is 3.32. The molecule has 0 aliphatic rings. The van der Waals surface area contributed by atoms with Crippen molar-refractivity contribution < 1.29 is 9.53 Å². The third-order valence-electron chi connectivity index (χ3n) is 2.45. The number of aromatic nitrogens is 4. The van der Waals surface area contributed by atoms with Crippen molar-refractivity contribution in [1.29, 1.82) is 0 Å². The van der Waals surface area contributed by atoms with Gasteiger partial charge < -0.3 is 15.4 Å². The molecule has 1 amide bonds. The van der Waals surface area contributed by atoms with Gasteiger partial charge in [0.1, 0.15) is 6.33 Å². The molecule has 0 spiro atoms. The second kappa shape index (κ2) is 4.92. The number of nitrogen functional groups attached to an aromatic ring is 1. The minimum atomic E-state index is -0.195. The largest absolute Gasteiger partial charge is 0.490 e. The van der Waals surface area contributed by atoms with E-state index in [1.165, 1.54) is 23.0 Å². The fourth-order valence-corrected chi connectivity index (χ4v) is 1.52. The second-order valence-electron chi connectivity index (χ2n) is 3.96. The molecule has 2 N–H and O–H groups in total. The van der Waals surface area contributed by atoms with Gasteiger partial charge in [-0.2, -0.15) is 5.10 Å². The quantitative estimate of drug-likeness (QED) is 0.832. The van der Waals surface area contributed by atoms with E-state index in [2.05, 4.69) is 15.1 Å². The lowest BCUT2D eigenvalue weighted by Crippen LogP contribution is -2.22. The SMILES string of the molecule is COc1c(N)ncnc1-n1ccc(C(=O)N(C)C)n1. The zero-order valence-electron chi connectivity index (χ0n) is 10.9. The Morgan fingerprint density at radius 1 is 1.42 bits per heavy atom. The van der Waals surface area contributed by atoms with Crippen LogP contribution in [0, 0.1) is 0 Å². The number of nitrogens with zero attached hydrogens (tertiary/aromatic N) is 5. The van der Waals surface area contributed by atoms with Gasteiger partial charge in [-0.1, -0.05) is 0 Å². The first-order valence-corrected chi connectivity index (χ1v) is 5.46. The average molecular weight is 262 g/mol. The van der Waals surface area contributed by atoms with Crippen LogP contribution in [0.25, 0.3) is 5.82 Å². The molecule has 19 heavy (non-hydrogen) atoms. The molecule has 0 aliphatic carbocycles. The molecule has 0 radical (unpaired) electrons. The number of anilines is 1. The normalized spacial score (nSPS) is 10.3. The fraction of sp³-hybridized carbons (Fsp3) is 0.273. The zero-order valence-corrected chi connectivity index (χ0v) is 10.9. The van der Waals surface area contributed by atoms with Gasteiger partial charge in [-0.15, -0.1) is 0 Å². The maximum absolute atomic E-state index is 11.8. The number of nitrogens with two attached hydrogens (primary N) is 1. The molecule has 0 bridgehead atoms. The number of carbonyl (C=O) groups is 1. The van der Waals surface area contributed by atoms with E-state index in [1.807, 2.05) is 0 Å². The molecule has 2 rings (SSSR count). The van der Waals surface area contributed by atoms with Gasteiger partial charge in [0, 0.05) is 20.3 Å². The summed E-state index contributed by atoms with van der Waals surface area (Å²) in [5, 5.41) is 4.15. The topological polar surface area (TPSA) is 99.2 Å². The van der Waals surface area contributed by atoms with E-state index < -0.39 is 0 Å². The summed E-state index contributed by atoms with van der Waals surface area (Å²) < 4.78 is 6.57. The minimum Gasteiger partial charge on any atom is -0.490 e. The summed E-state index contributed by atoms with van der Waals surface area (Å²) in [5.74, 6) is 0.713. The van der Waals surface area contributed by atoms with Gasteiger partial charge >= 0.3 is 0 Å². The molecule has 2 aromatic heterocycles. The van der Waals surface area contributed by atoms with Crippen molar-refractivity contribution in [2.24, 2.45) is 0 Å². The number of ether oxygens (including phenoxy) is 1. The number of rotatable bonds is 3. The van der Waals surface area contributed by atoms with Crippen molar-refractivity contribution in [2.45, 2.75) is 0 Å². The molecule has 2 aromatic rings. The molecule has 0 fully saturated rings. The first kappa shape index (κ1) is 12.8. The van der Waals surface area contributed by atoms with Gasteiger partial charge in [0.05, 0.1) is 7.11 Å². The second-order valence-corrected chi connectivity index (χ2v) is 3.96. The predicted octanol–water partition coefficient (Wildman–Crippen LogP) is -0.0451. The van der Waals surface area contributed by atoms with Crippen molar-refractivity contribution in [3.63, 3.8) is 0 Å². The Balaban J connectivity index is 2.44. The summed E-state index contributed by atoms with van der Waals surface area (Å²) in [5.41, 5.74) is 6.00. The molecule has 2 heterocycles. The van der Waals surface area contributed by atoms with Crippen molar-refractivity contribution in [3.05, 3.63) is 24.3 Å². The maximum Gasteiger partial charge on any atom is 0.273 e. The maximum atomic E-state index is 11.8. The number of hydrogen-bond acceptors (Lipinski definition) is 6. The molecular weight excluding hydrogens is 248 g/mol. The van der Waals surface area contributed by atoms with Crippen LogP contribution >= 0.6 is 0 Å². The summed E-state index contributed by atoms with van der Waals surface area (Å²) >= 11 is 0. The molecule has 100 valence electrons. The van der Waals surface area contributed by atoms with Crippen LogP contribution in [0.1, 0.15) is 10.5 Å². The molecular formula is C11H14N6O2. The van der Waals surface area contributed by atoms with E-state index in [0.717, 1.165) is 0 Å². The lowest BCUT2D eigenvalue weighted by Gasteiger charge is -2.09. The highest BCUT2D eigenvalue weighted by Gasteiger charge is 2.16. The van der Waals surface area contributed by atoms with Crippen LogP contribution in [-0.4, -0.2) is 51.8 Å². The van der Waals surface area contributed by atoms with E-state index in [1.54, 1.807) is 26.4 Å². The smallest absolute Gasteiger partial charge is 0.273 e. The fourth-order valence-electron chi connectivity index (χ4n) is 1.52. The van der Waals surface area contributed by atoms with Crippen LogP contribution in [-0.2, 0) is 0 Å². The van der Waals surface area contributed by atoms with Crippen molar-refractivity contribution in [1.82, 2.24) is 24.6 Å². The zero-order chi connectivity index (χ0) is 14.0. The van der Waals surface area contributed by atoms with Crippen molar-refractivity contribution in [2.75, 3.05) is 26.9 Å². The van der Waals surface area contributed by atoms with E-state index in [0.29, 0.717) is 17.3 Å². The van der Waals surface area contributed by atoms with E-state index in [-0.39, 0.29) is 11.7 Å². The molecule has 0 unspecified atom stereocenters. The molecule has 0 saturated carbocycles. The van der Waals surface area contributed by atoms with E-state index in [4.69, 9.17) is 10.5 Å². The number of carbonyl (C=O) groups excluding carboxylic acids is 1. The summed E-state index contributed by atoms with van der Waals surface area (Å²) in [6.45, 7) is 0. The minimum absolute atomic E-state index is 0.195. The van der Waals surface area contributed by atoms with Crippen molar-refractivity contribution in [3.8, 4) is 11.6 Å². The number of methoxy groups -OCH3 is 1. The Bertz CT molecular complexity index is 607. The highest BCUT2D eigenvalue weighted by atomic mass is 16.5. The molecule has 0 aliphatic heterocycles. The summed E-state index contributed by atoms with van der Waals surface area (Å²) in [7, 11) is 4.78. The third kappa shape index (κ3) is 2.32. The first-order chi connectivity index (χ1) is 9.04. The molecule has 8 nitrogen and oxygen atoms in total. The van der Waals surface area contributed by atoms with Gasteiger partial charge in [-0.25, -0.2) is 14.6 Å². The summed E-state index contributed by atoms with van der Waals surface area (Å²) in [4.78, 5) is 21.1. The van der Waals surface area contributed by atoms with Crippen LogP contribution < -0.4 is 10.5 Å². The van der Waals surface area contributed by atoms with Gasteiger partial charge in [0.25, 0.3) is 5.91 Å². The number of hydrogen-bond donors (Lipinski definition) is 1. The Hall–Kier alpha value is -2.64. The van der Waals surface area contributed by atoms with Crippen LogP contribution in [0.3, 0.4) is 0 Å². The first-order valence-electron chi connectivity index (χ1n) is 5.46. The Morgan fingerprint density at radius 3 is 2.79 bits per heavy atom. The Morgan fingerprint density at radius 2 is 2.16 bits per heavy atom. The van der Waals surface area contributed by atoms with Gasteiger partial charge in [-0.05, 0) is 6.07 Å². The highest BCUT2D eigenvalue weighted by Crippen LogP contribution is 2.24. The lowest BCUT2D eigenvalue weighted by molar-refractivity contribution is 0.0821. The third-order valence-corrected chi connectivity index (χ3v) is 2.45. The van der Waals surface area contributed by atoms with Crippen LogP contribution in [0.15, 0.2) is 18.6 Å². The molecule has 8 heteroatoms. The van der Waals surface area contributed by atoms with E-state index in [9.17, 15) is 4.79 Å². The van der Waals surface area contributed by atoms with Gasteiger partial charge in [0.15, 0.2) is 11.5 Å².